The summed E-state index contributed by atoms with van der Waals surface area (Å²) in [4.78, 5) is 17.1. The van der Waals surface area contributed by atoms with Crippen molar-refractivity contribution in [3.63, 3.8) is 0 Å². The average molecular weight is 313 g/mol. The minimum atomic E-state index is -0.0207. The molecule has 0 radical (unpaired) electrons. The van der Waals surface area contributed by atoms with Gasteiger partial charge in [0.1, 0.15) is 5.03 Å². The van der Waals surface area contributed by atoms with E-state index in [0.29, 0.717) is 15.8 Å². The van der Waals surface area contributed by atoms with E-state index >= 15 is 0 Å². The normalized spacial score (nSPS) is 12.1. The molecule has 0 fully saturated rings. The third-order valence-corrected chi connectivity index (χ3v) is 4.89. The van der Waals surface area contributed by atoms with Crippen LogP contribution >= 0.6 is 34.7 Å². The van der Waals surface area contributed by atoms with E-state index in [2.05, 4.69) is 10.3 Å². The monoisotopic (exact) mass is 312 g/mol. The fourth-order valence-electron chi connectivity index (χ4n) is 1.50. The van der Waals surface area contributed by atoms with Gasteiger partial charge < -0.3 is 5.32 Å². The quantitative estimate of drug-likeness (QED) is 0.855. The van der Waals surface area contributed by atoms with Crippen LogP contribution in [0.15, 0.2) is 40.9 Å². The molecule has 0 aliphatic heterocycles. The molecule has 0 spiro atoms. The Morgan fingerprint density at radius 3 is 3.05 bits per heavy atom. The number of carbonyl (C=O) groups excluding carboxylic acids is 1. The van der Waals surface area contributed by atoms with Crippen molar-refractivity contribution in [2.75, 3.05) is 5.75 Å². The smallest absolute Gasteiger partial charge is 0.230 e. The van der Waals surface area contributed by atoms with Gasteiger partial charge in [-0.3, -0.25) is 4.79 Å². The number of carbonyl (C=O) groups is 1. The summed E-state index contributed by atoms with van der Waals surface area (Å²) in [5.41, 5.74) is 0. The molecule has 0 aliphatic carbocycles. The molecule has 0 aromatic carbocycles. The first kappa shape index (κ1) is 14.4. The van der Waals surface area contributed by atoms with Crippen molar-refractivity contribution in [3.05, 3.63) is 45.7 Å². The van der Waals surface area contributed by atoms with Gasteiger partial charge in [-0.05, 0) is 30.5 Å². The molecule has 1 unspecified atom stereocenters. The van der Waals surface area contributed by atoms with Gasteiger partial charge in [-0.1, -0.05) is 29.4 Å². The zero-order chi connectivity index (χ0) is 13.7. The first-order chi connectivity index (χ1) is 9.16. The Labute approximate surface area is 125 Å². The average Bonchev–Trinajstić information content (AvgIpc) is 2.91. The highest BCUT2D eigenvalue weighted by atomic mass is 35.5. The first-order valence-corrected chi connectivity index (χ1v) is 7.97. The second-order valence-corrected chi connectivity index (χ2v) is 6.23. The second-order valence-electron chi connectivity index (χ2n) is 3.88. The zero-order valence-corrected chi connectivity index (χ0v) is 12.7. The van der Waals surface area contributed by atoms with E-state index in [1.807, 2.05) is 24.4 Å². The van der Waals surface area contributed by atoms with Crippen LogP contribution in [0.25, 0.3) is 0 Å². The number of halogens is 1. The Hall–Kier alpha value is -1.04. The number of thioether (sulfide) groups is 1. The van der Waals surface area contributed by atoms with Crippen molar-refractivity contribution in [1.82, 2.24) is 10.3 Å². The van der Waals surface area contributed by atoms with Gasteiger partial charge in [-0.25, -0.2) is 4.98 Å². The standard InChI is InChI=1S/C13H13ClN2OS2/c1-9(11-5-3-7-18-11)16-12(17)8-19-13-10(14)4-2-6-15-13/h2-7,9H,8H2,1H3,(H,16,17). The molecule has 1 atom stereocenters. The molecular formula is C13H13ClN2OS2. The van der Waals surface area contributed by atoms with E-state index in [9.17, 15) is 4.79 Å². The molecule has 19 heavy (non-hydrogen) atoms. The third-order valence-electron chi connectivity index (χ3n) is 2.41. The maximum atomic E-state index is 11.8. The van der Waals surface area contributed by atoms with Crippen LogP contribution in [-0.4, -0.2) is 16.6 Å². The summed E-state index contributed by atoms with van der Waals surface area (Å²) in [6.45, 7) is 1.97. The van der Waals surface area contributed by atoms with E-state index in [0.717, 1.165) is 4.88 Å². The number of amides is 1. The number of nitrogens with one attached hydrogen (secondary N) is 1. The molecule has 0 saturated carbocycles. The summed E-state index contributed by atoms with van der Waals surface area (Å²) in [5.74, 6) is 0.291. The van der Waals surface area contributed by atoms with Gasteiger partial charge in [0.2, 0.25) is 5.91 Å². The van der Waals surface area contributed by atoms with Gasteiger partial charge >= 0.3 is 0 Å². The summed E-state index contributed by atoms with van der Waals surface area (Å²) < 4.78 is 0. The summed E-state index contributed by atoms with van der Waals surface area (Å²) in [6, 6.07) is 7.56. The van der Waals surface area contributed by atoms with Crippen molar-refractivity contribution in [2.24, 2.45) is 0 Å². The number of thiophene rings is 1. The second kappa shape index (κ2) is 6.93. The molecule has 3 nitrogen and oxygen atoms in total. The first-order valence-electron chi connectivity index (χ1n) is 5.73. The lowest BCUT2D eigenvalue weighted by molar-refractivity contribution is -0.119. The van der Waals surface area contributed by atoms with E-state index in [-0.39, 0.29) is 11.9 Å². The maximum absolute atomic E-state index is 11.8. The van der Waals surface area contributed by atoms with Gasteiger partial charge in [-0.2, -0.15) is 0 Å². The minimum absolute atomic E-state index is 0.0207. The topological polar surface area (TPSA) is 42.0 Å². The van der Waals surface area contributed by atoms with Crippen molar-refractivity contribution < 1.29 is 4.79 Å². The van der Waals surface area contributed by atoms with Crippen molar-refractivity contribution in [3.8, 4) is 0 Å². The largest absolute Gasteiger partial charge is 0.348 e. The van der Waals surface area contributed by atoms with Crippen LogP contribution < -0.4 is 5.32 Å². The van der Waals surface area contributed by atoms with Crippen LogP contribution in [0.3, 0.4) is 0 Å². The van der Waals surface area contributed by atoms with Crippen LogP contribution in [0.1, 0.15) is 17.8 Å². The molecular weight excluding hydrogens is 300 g/mol. The van der Waals surface area contributed by atoms with Gasteiger partial charge in [0.25, 0.3) is 0 Å². The van der Waals surface area contributed by atoms with E-state index < -0.39 is 0 Å². The molecule has 1 amide bonds. The predicted octanol–water partition coefficient (Wildman–Crippen LogP) is 3.77. The molecule has 0 saturated heterocycles. The number of hydrogen-bond donors (Lipinski definition) is 1. The predicted molar refractivity (Wildman–Crippen MR) is 80.8 cm³/mol. The molecule has 6 heteroatoms. The maximum Gasteiger partial charge on any atom is 0.230 e. The molecule has 2 heterocycles. The Morgan fingerprint density at radius 1 is 1.53 bits per heavy atom. The van der Waals surface area contributed by atoms with Gasteiger partial charge in [-0.15, -0.1) is 11.3 Å². The van der Waals surface area contributed by atoms with Crippen molar-refractivity contribution in [2.45, 2.75) is 18.0 Å². The van der Waals surface area contributed by atoms with E-state index in [4.69, 9.17) is 11.6 Å². The Kier molecular flexibility index (Phi) is 5.24. The molecule has 0 aliphatic rings. The lowest BCUT2D eigenvalue weighted by atomic mass is 10.3. The fourth-order valence-corrected chi connectivity index (χ4v) is 3.22. The number of nitrogens with zero attached hydrogens (tertiary/aromatic N) is 1. The SMILES string of the molecule is CC(NC(=O)CSc1ncccc1Cl)c1cccs1. The Bertz CT molecular complexity index is 545. The molecule has 2 aromatic heterocycles. The lowest BCUT2D eigenvalue weighted by Crippen LogP contribution is -2.27. The minimum Gasteiger partial charge on any atom is -0.348 e. The number of pyridine rings is 1. The van der Waals surface area contributed by atoms with Gasteiger partial charge in [0, 0.05) is 11.1 Å². The Morgan fingerprint density at radius 2 is 2.37 bits per heavy atom. The zero-order valence-electron chi connectivity index (χ0n) is 10.3. The summed E-state index contributed by atoms with van der Waals surface area (Å²) in [5, 5.41) is 6.21. The summed E-state index contributed by atoms with van der Waals surface area (Å²) in [6.07, 6.45) is 1.67. The van der Waals surface area contributed by atoms with Crippen LogP contribution in [0, 0.1) is 0 Å². The molecule has 0 bridgehead atoms. The number of hydrogen-bond acceptors (Lipinski definition) is 4. The van der Waals surface area contributed by atoms with Crippen molar-refractivity contribution >= 4 is 40.6 Å². The van der Waals surface area contributed by atoms with Crippen LogP contribution in [0.2, 0.25) is 5.02 Å². The fraction of sp³-hybridized carbons (Fsp3) is 0.231. The van der Waals surface area contributed by atoms with E-state index in [1.165, 1.54) is 11.8 Å². The Balaban J connectivity index is 1.84. The number of rotatable bonds is 5. The van der Waals surface area contributed by atoms with Gasteiger partial charge in [0.15, 0.2) is 0 Å². The lowest BCUT2D eigenvalue weighted by Gasteiger charge is -2.11. The molecule has 2 aromatic rings. The molecule has 1 N–H and O–H groups in total. The third kappa shape index (κ3) is 4.23. The van der Waals surface area contributed by atoms with Gasteiger partial charge in [0.05, 0.1) is 16.8 Å². The van der Waals surface area contributed by atoms with E-state index in [1.54, 1.807) is 29.7 Å². The molecule has 100 valence electrons. The highest BCUT2D eigenvalue weighted by molar-refractivity contribution is 8.00. The molecule has 2 rings (SSSR count). The van der Waals surface area contributed by atoms with Crippen LogP contribution in [-0.2, 0) is 4.79 Å². The van der Waals surface area contributed by atoms with Crippen molar-refractivity contribution in [1.29, 1.82) is 0 Å². The van der Waals surface area contributed by atoms with Crippen LogP contribution in [0.5, 0.6) is 0 Å². The highest BCUT2D eigenvalue weighted by Gasteiger charge is 2.11. The summed E-state index contributed by atoms with van der Waals surface area (Å²) in [7, 11) is 0. The number of aromatic nitrogens is 1. The summed E-state index contributed by atoms with van der Waals surface area (Å²) >= 11 is 8.96. The highest BCUT2D eigenvalue weighted by Crippen LogP contribution is 2.24. The van der Waals surface area contributed by atoms with Crippen LogP contribution in [0.4, 0.5) is 0 Å².